The van der Waals surface area contributed by atoms with Crippen molar-refractivity contribution < 1.29 is 9.53 Å². The predicted molar refractivity (Wildman–Crippen MR) is 78.3 cm³/mol. The molecule has 1 heterocycles. The van der Waals surface area contributed by atoms with Gasteiger partial charge >= 0.3 is 6.09 Å². The number of rotatable bonds is 4. The molecule has 2 atom stereocenters. The van der Waals surface area contributed by atoms with E-state index >= 15 is 0 Å². The van der Waals surface area contributed by atoms with Gasteiger partial charge < -0.3 is 15.0 Å². The molecule has 1 aliphatic rings. The van der Waals surface area contributed by atoms with Crippen LogP contribution in [0.4, 0.5) is 4.79 Å². The normalized spacial score (nSPS) is 22.2. The number of carbonyl (C=O) groups excluding carboxylic acids is 1. The lowest BCUT2D eigenvalue weighted by molar-refractivity contribution is 0.0165. The number of amides is 1. The Hall–Kier alpha value is -0.770. The molecule has 1 N–H and O–H groups in total. The lowest BCUT2D eigenvalue weighted by Gasteiger charge is -2.34. The van der Waals surface area contributed by atoms with Crippen molar-refractivity contribution in [3.8, 4) is 0 Å². The SMILES string of the molecule is CCC(C)NC[C@H]1CCCN(C(=O)OC(C)(C)C)C1. The van der Waals surface area contributed by atoms with Crippen molar-refractivity contribution in [2.24, 2.45) is 5.92 Å². The van der Waals surface area contributed by atoms with Crippen LogP contribution in [0.1, 0.15) is 53.9 Å². The van der Waals surface area contributed by atoms with Crippen LogP contribution in [0.25, 0.3) is 0 Å². The van der Waals surface area contributed by atoms with E-state index in [0.717, 1.165) is 32.5 Å². The largest absolute Gasteiger partial charge is 0.444 e. The number of likely N-dealkylation sites (tertiary alicyclic amines) is 1. The van der Waals surface area contributed by atoms with Gasteiger partial charge in [0, 0.05) is 19.1 Å². The van der Waals surface area contributed by atoms with Crippen molar-refractivity contribution in [2.75, 3.05) is 19.6 Å². The van der Waals surface area contributed by atoms with Gasteiger partial charge in [0.1, 0.15) is 5.60 Å². The van der Waals surface area contributed by atoms with Gasteiger partial charge in [0.25, 0.3) is 0 Å². The van der Waals surface area contributed by atoms with E-state index in [9.17, 15) is 4.79 Å². The summed E-state index contributed by atoms with van der Waals surface area (Å²) in [6.45, 7) is 12.8. The third-order valence-electron chi connectivity index (χ3n) is 3.54. The number of hydrogen-bond donors (Lipinski definition) is 1. The number of hydrogen-bond acceptors (Lipinski definition) is 3. The molecule has 1 saturated heterocycles. The molecule has 0 aromatic rings. The summed E-state index contributed by atoms with van der Waals surface area (Å²) in [4.78, 5) is 13.9. The summed E-state index contributed by atoms with van der Waals surface area (Å²) in [5.41, 5.74) is -0.404. The molecule has 0 saturated carbocycles. The fourth-order valence-corrected chi connectivity index (χ4v) is 2.24. The quantitative estimate of drug-likeness (QED) is 0.854. The summed E-state index contributed by atoms with van der Waals surface area (Å²) in [5, 5.41) is 3.53. The Labute approximate surface area is 117 Å². The maximum atomic E-state index is 12.0. The van der Waals surface area contributed by atoms with Gasteiger partial charge in [-0.25, -0.2) is 4.79 Å². The van der Waals surface area contributed by atoms with E-state index in [1.54, 1.807) is 0 Å². The minimum absolute atomic E-state index is 0.166. The molecule has 0 aromatic carbocycles. The first kappa shape index (κ1) is 16.3. The van der Waals surface area contributed by atoms with Crippen LogP contribution < -0.4 is 5.32 Å². The Morgan fingerprint density at radius 3 is 2.74 bits per heavy atom. The lowest BCUT2D eigenvalue weighted by Crippen LogP contribution is -2.45. The highest BCUT2D eigenvalue weighted by molar-refractivity contribution is 5.68. The molecule has 1 amide bonds. The van der Waals surface area contributed by atoms with Crippen LogP contribution in [0.2, 0.25) is 0 Å². The van der Waals surface area contributed by atoms with E-state index in [4.69, 9.17) is 4.74 Å². The van der Waals surface area contributed by atoms with E-state index in [0.29, 0.717) is 12.0 Å². The van der Waals surface area contributed by atoms with E-state index < -0.39 is 5.60 Å². The van der Waals surface area contributed by atoms with Gasteiger partial charge in [0.05, 0.1) is 0 Å². The average molecular weight is 270 g/mol. The van der Waals surface area contributed by atoms with Gasteiger partial charge in [-0.1, -0.05) is 6.92 Å². The van der Waals surface area contributed by atoms with Crippen molar-refractivity contribution >= 4 is 6.09 Å². The summed E-state index contributed by atoms with van der Waals surface area (Å²) in [5.74, 6) is 0.551. The van der Waals surface area contributed by atoms with E-state index in [1.807, 2.05) is 25.7 Å². The minimum Gasteiger partial charge on any atom is -0.444 e. The molecule has 1 fully saturated rings. The van der Waals surface area contributed by atoms with Crippen molar-refractivity contribution in [1.29, 1.82) is 0 Å². The molecule has 112 valence electrons. The summed E-state index contributed by atoms with van der Waals surface area (Å²) >= 11 is 0. The summed E-state index contributed by atoms with van der Waals surface area (Å²) < 4.78 is 5.44. The smallest absolute Gasteiger partial charge is 0.410 e. The first-order valence-electron chi connectivity index (χ1n) is 7.53. The Kier molecular flexibility index (Phi) is 6.11. The molecule has 4 nitrogen and oxygen atoms in total. The summed E-state index contributed by atoms with van der Waals surface area (Å²) in [6, 6.07) is 0.553. The van der Waals surface area contributed by atoms with Gasteiger partial charge in [-0.3, -0.25) is 0 Å². The van der Waals surface area contributed by atoms with Gasteiger partial charge in [-0.2, -0.15) is 0 Å². The second-order valence-electron chi connectivity index (χ2n) is 6.65. The Bertz CT molecular complexity index is 286. The molecule has 0 bridgehead atoms. The number of nitrogens with one attached hydrogen (secondary N) is 1. The fourth-order valence-electron chi connectivity index (χ4n) is 2.24. The van der Waals surface area contributed by atoms with Crippen LogP contribution in [-0.4, -0.2) is 42.3 Å². The molecular weight excluding hydrogens is 240 g/mol. The standard InChI is InChI=1S/C15H30N2O2/c1-6-12(2)16-10-13-8-7-9-17(11-13)14(18)19-15(3,4)5/h12-13,16H,6-11H2,1-5H3/t12?,13-/m1/s1. The minimum atomic E-state index is -0.404. The second kappa shape index (κ2) is 7.13. The zero-order chi connectivity index (χ0) is 14.5. The lowest BCUT2D eigenvalue weighted by atomic mass is 9.98. The highest BCUT2D eigenvalue weighted by atomic mass is 16.6. The van der Waals surface area contributed by atoms with E-state index in [2.05, 4.69) is 19.2 Å². The molecule has 0 spiro atoms. The molecule has 1 unspecified atom stereocenters. The molecule has 0 aromatic heterocycles. The Morgan fingerprint density at radius 2 is 2.16 bits per heavy atom. The highest BCUT2D eigenvalue weighted by Crippen LogP contribution is 2.19. The van der Waals surface area contributed by atoms with Gasteiger partial charge in [0.15, 0.2) is 0 Å². The first-order chi connectivity index (χ1) is 8.81. The topological polar surface area (TPSA) is 41.6 Å². The maximum Gasteiger partial charge on any atom is 0.410 e. The summed E-state index contributed by atoms with van der Waals surface area (Å²) in [6.07, 6.45) is 3.25. The Morgan fingerprint density at radius 1 is 1.47 bits per heavy atom. The van der Waals surface area contributed by atoms with Crippen LogP contribution in [-0.2, 0) is 4.74 Å². The van der Waals surface area contributed by atoms with Crippen molar-refractivity contribution in [1.82, 2.24) is 10.2 Å². The van der Waals surface area contributed by atoms with Crippen LogP contribution in [0.3, 0.4) is 0 Å². The van der Waals surface area contributed by atoms with Crippen LogP contribution in [0, 0.1) is 5.92 Å². The zero-order valence-electron chi connectivity index (χ0n) is 13.2. The molecule has 1 rings (SSSR count). The van der Waals surface area contributed by atoms with E-state index in [1.165, 1.54) is 6.42 Å². The second-order valence-corrected chi connectivity index (χ2v) is 6.65. The maximum absolute atomic E-state index is 12.0. The highest BCUT2D eigenvalue weighted by Gasteiger charge is 2.27. The first-order valence-corrected chi connectivity index (χ1v) is 7.53. The monoisotopic (exact) mass is 270 g/mol. The molecule has 19 heavy (non-hydrogen) atoms. The number of piperidine rings is 1. The van der Waals surface area contributed by atoms with Crippen molar-refractivity contribution in [3.63, 3.8) is 0 Å². The molecular formula is C15H30N2O2. The van der Waals surface area contributed by atoms with Crippen LogP contribution in [0.5, 0.6) is 0 Å². The third-order valence-corrected chi connectivity index (χ3v) is 3.54. The fraction of sp³-hybridized carbons (Fsp3) is 0.933. The van der Waals surface area contributed by atoms with Gasteiger partial charge in [-0.15, -0.1) is 0 Å². The molecule has 1 aliphatic heterocycles. The predicted octanol–water partition coefficient (Wildman–Crippen LogP) is 3.02. The zero-order valence-corrected chi connectivity index (χ0v) is 13.2. The molecule has 0 aliphatic carbocycles. The van der Waals surface area contributed by atoms with Crippen molar-refractivity contribution in [2.45, 2.75) is 65.5 Å². The van der Waals surface area contributed by atoms with E-state index in [-0.39, 0.29) is 6.09 Å². The van der Waals surface area contributed by atoms with Crippen LogP contribution in [0.15, 0.2) is 0 Å². The molecule has 0 radical (unpaired) electrons. The number of nitrogens with zero attached hydrogens (tertiary/aromatic N) is 1. The number of carbonyl (C=O) groups is 1. The Balaban J connectivity index is 2.39. The van der Waals surface area contributed by atoms with Crippen molar-refractivity contribution in [3.05, 3.63) is 0 Å². The summed E-state index contributed by atoms with van der Waals surface area (Å²) in [7, 11) is 0. The van der Waals surface area contributed by atoms with Gasteiger partial charge in [-0.05, 0) is 59.4 Å². The third kappa shape index (κ3) is 6.28. The van der Waals surface area contributed by atoms with Crippen LogP contribution >= 0.6 is 0 Å². The number of ether oxygens (including phenoxy) is 1. The average Bonchev–Trinajstić information content (AvgIpc) is 2.34. The molecule has 4 heteroatoms. The van der Waals surface area contributed by atoms with Gasteiger partial charge in [0.2, 0.25) is 0 Å².